The minimum atomic E-state index is -0.829. The van der Waals surface area contributed by atoms with Gasteiger partial charge >= 0.3 is 6.09 Å². The maximum Gasteiger partial charge on any atom is 0.411 e. The number of nitrogens with one attached hydrogen (secondary N) is 1. The first-order valence-electron chi connectivity index (χ1n) is 18.5. The highest BCUT2D eigenvalue weighted by Crippen LogP contribution is 2.55. The molecule has 0 saturated heterocycles. The Kier molecular flexibility index (Phi) is 10.7. The summed E-state index contributed by atoms with van der Waals surface area (Å²) in [5.41, 5.74) is 5.76. The van der Waals surface area contributed by atoms with E-state index < -0.39 is 29.8 Å². The zero-order chi connectivity index (χ0) is 38.1. The maximum absolute atomic E-state index is 14.8. The average molecular weight is 739 g/mol. The highest BCUT2D eigenvalue weighted by atomic mass is 16.7. The number of nitrogens with zero attached hydrogens (tertiary/aromatic N) is 1. The molecule has 0 bridgehead atoms. The number of fused-ring (bicyclic) bond motifs is 4. The molecule has 4 aromatic carbocycles. The first kappa shape index (κ1) is 37.3. The van der Waals surface area contributed by atoms with E-state index in [1.54, 1.807) is 4.90 Å². The summed E-state index contributed by atoms with van der Waals surface area (Å²) in [6.45, 7) is 9.90. The molecule has 54 heavy (non-hydrogen) atoms. The van der Waals surface area contributed by atoms with Gasteiger partial charge in [0, 0.05) is 28.3 Å². The lowest BCUT2D eigenvalue weighted by atomic mass is 9.78. The predicted molar refractivity (Wildman–Crippen MR) is 202 cm³/mol. The summed E-state index contributed by atoms with van der Waals surface area (Å²) in [5.74, 6) is 2.10. The van der Waals surface area contributed by atoms with Gasteiger partial charge in [-0.25, -0.2) is 4.79 Å². The lowest BCUT2D eigenvalue weighted by molar-refractivity contribution is -0.0269. The number of hydrogen-bond acceptors (Lipinski definition) is 10. The summed E-state index contributed by atoms with van der Waals surface area (Å²) in [4.78, 5) is 16.5. The zero-order valence-electron chi connectivity index (χ0n) is 31.8. The standard InChI is InChI=1S/C43H50N2O9/c1-25-17-29-18-30(20-46)44-36(34(29)37(47)38(25)49-6)32-19-31-35(41-40(52-24-53-41)26(2)39(31)51-22-28-15-11-8-12-16-28)33(45(32)42(48)54-43(3,4)5)23-50-21-27-13-9-7-10-14-27/h7-17,30,32-33,36,44,46-47H,18-24H2,1-6H3/t30-,32-,33-,36?/m0/s1. The van der Waals surface area contributed by atoms with Crippen LogP contribution in [0.3, 0.4) is 0 Å². The number of carbonyl (C=O) groups is 1. The van der Waals surface area contributed by atoms with Gasteiger partial charge < -0.3 is 44.0 Å². The van der Waals surface area contributed by atoms with Crippen molar-refractivity contribution in [2.45, 2.75) is 90.4 Å². The molecule has 3 heterocycles. The molecule has 3 N–H and O–H groups in total. The Morgan fingerprint density at radius 2 is 1.59 bits per heavy atom. The lowest BCUT2D eigenvalue weighted by Crippen LogP contribution is -2.58. The fourth-order valence-corrected chi connectivity index (χ4v) is 8.11. The topological polar surface area (TPSA) is 128 Å². The molecule has 3 aliphatic heterocycles. The van der Waals surface area contributed by atoms with E-state index in [0.29, 0.717) is 48.2 Å². The van der Waals surface area contributed by atoms with Crippen molar-refractivity contribution < 1.29 is 43.4 Å². The Morgan fingerprint density at radius 3 is 2.24 bits per heavy atom. The molecule has 7 rings (SSSR count). The molecule has 0 aliphatic carbocycles. The highest BCUT2D eigenvalue weighted by Gasteiger charge is 2.50. The van der Waals surface area contributed by atoms with Crippen LogP contribution in [0, 0.1) is 13.8 Å². The van der Waals surface area contributed by atoms with Crippen molar-refractivity contribution in [2.75, 3.05) is 27.1 Å². The number of aryl methyl sites for hydroxylation is 1. The molecule has 4 aromatic rings. The van der Waals surface area contributed by atoms with Gasteiger partial charge in [-0.2, -0.15) is 0 Å². The second-order valence-electron chi connectivity index (χ2n) is 15.2. The number of aromatic hydroxyl groups is 1. The molecule has 0 radical (unpaired) electrons. The second-order valence-corrected chi connectivity index (χ2v) is 15.2. The van der Waals surface area contributed by atoms with Crippen molar-refractivity contribution in [2.24, 2.45) is 0 Å². The molecule has 1 amide bonds. The molecule has 1 unspecified atom stereocenters. The number of carbonyl (C=O) groups excluding carboxylic acids is 1. The third kappa shape index (κ3) is 7.28. The molecule has 3 aliphatic rings. The van der Waals surface area contributed by atoms with Gasteiger partial charge in [-0.1, -0.05) is 66.7 Å². The molecule has 286 valence electrons. The molecular weight excluding hydrogens is 688 g/mol. The minimum Gasteiger partial charge on any atom is -0.504 e. The van der Waals surface area contributed by atoms with Crippen LogP contribution in [0.1, 0.15) is 77.4 Å². The number of benzene rings is 4. The van der Waals surface area contributed by atoms with Gasteiger partial charge in [0.15, 0.2) is 23.0 Å². The lowest BCUT2D eigenvalue weighted by Gasteiger charge is -2.49. The van der Waals surface area contributed by atoms with Crippen LogP contribution < -0.4 is 24.3 Å². The van der Waals surface area contributed by atoms with Crippen LogP contribution in [0.2, 0.25) is 0 Å². The zero-order valence-corrected chi connectivity index (χ0v) is 31.8. The summed E-state index contributed by atoms with van der Waals surface area (Å²) in [6, 6.07) is 19.4. The summed E-state index contributed by atoms with van der Waals surface area (Å²) in [5, 5.41) is 26.1. The molecule has 11 nitrogen and oxygen atoms in total. The van der Waals surface area contributed by atoms with E-state index in [0.717, 1.165) is 38.9 Å². The van der Waals surface area contributed by atoms with Gasteiger partial charge in [0.2, 0.25) is 6.79 Å². The SMILES string of the molecule is COc1c(C)cc2c(c1O)C([C@@H]1Cc3c(OCc4ccccc4)c(C)c4c(c3[C@H](COCc3ccccc3)N1C(=O)OC(C)(C)C)OCO4)N[C@H](CO)C2. The van der Waals surface area contributed by atoms with Gasteiger partial charge in [-0.3, -0.25) is 4.90 Å². The van der Waals surface area contributed by atoms with Crippen LogP contribution in [0.15, 0.2) is 66.7 Å². The smallest absolute Gasteiger partial charge is 0.411 e. The summed E-state index contributed by atoms with van der Waals surface area (Å²) in [7, 11) is 1.53. The summed E-state index contributed by atoms with van der Waals surface area (Å²) in [6.07, 6.45) is 0.207. The first-order chi connectivity index (χ1) is 26.0. The Labute approximate surface area is 316 Å². The van der Waals surface area contributed by atoms with Gasteiger partial charge in [0.05, 0.1) is 45.1 Å². The average Bonchev–Trinajstić information content (AvgIpc) is 3.64. The normalized spacial score (nSPS) is 20.2. The number of phenols is 1. The van der Waals surface area contributed by atoms with Crippen LogP contribution in [0.5, 0.6) is 28.7 Å². The number of ether oxygens (including phenoxy) is 6. The van der Waals surface area contributed by atoms with Crippen molar-refractivity contribution in [1.29, 1.82) is 0 Å². The number of hydrogen-bond donors (Lipinski definition) is 3. The van der Waals surface area contributed by atoms with Gasteiger partial charge in [-0.15, -0.1) is 0 Å². The van der Waals surface area contributed by atoms with Crippen molar-refractivity contribution >= 4 is 6.09 Å². The van der Waals surface area contributed by atoms with E-state index >= 15 is 0 Å². The Morgan fingerprint density at radius 1 is 0.926 bits per heavy atom. The van der Waals surface area contributed by atoms with E-state index in [1.165, 1.54) is 7.11 Å². The third-order valence-corrected chi connectivity index (χ3v) is 10.4. The molecule has 0 fully saturated rings. The Balaban J connectivity index is 1.43. The van der Waals surface area contributed by atoms with Crippen molar-refractivity contribution in [3.63, 3.8) is 0 Å². The van der Waals surface area contributed by atoms with Crippen LogP contribution in [-0.4, -0.2) is 66.0 Å². The summed E-state index contributed by atoms with van der Waals surface area (Å²) >= 11 is 0. The number of aliphatic hydroxyl groups is 1. The molecule has 4 atom stereocenters. The van der Waals surface area contributed by atoms with Crippen molar-refractivity contribution in [3.8, 4) is 28.7 Å². The van der Waals surface area contributed by atoms with Gasteiger partial charge in [-0.05, 0) is 69.7 Å². The second kappa shape index (κ2) is 15.4. The van der Waals surface area contributed by atoms with Crippen LogP contribution in [-0.2, 0) is 35.5 Å². The van der Waals surface area contributed by atoms with E-state index in [2.05, 4.69) is 5.32 Å². The number of methoxy groups -OCH3 is 1. The fourth-order valence-electron chi connectivity index (χ4n) is 8.11. The van der Waals surface area contributed by atoms with Crippen LogP contribution >= 0.6 is 0 Å². The molecule has 0 spiro atoms. The van der Waals surface area contributed by atoms with E-state index in [1.807, 2.05) is 101 Å². The van der Waals surface area contributed by atoms with Crippen LogP contribution in [0.25, 0.3) is 0 Å². The van der Waals surface area contributed by atoms with Gasteiger partial charge in [0.25, 0.3) is 0 Å². The predicted octanol–water partition coefficient (Wildman–Crippen LogP) is 6.99. The molecule has 0 aromatic heterocycles. The quantitative estimate of drug-likeness (QED) is 0.157. The Bertz CT molecular complexity index is 1980. The maximum atomic E-state index is 14.8. The number of aliphatic hydroxyl groups excluding tert-OH is 1. The summed E-state index contributed by atoms with van der Waals surface area (Å²) < 4.78 is 37.4. The fraction of sp³-hybridized carbons (Fsp3) is 0.419. The minimum absolute atomic E-state index is 0.00405. The Hall–Kier alpha value is -4.97. The van der Waals surface area contributed by atoms with E-state index in [-0.39, 0.29) is 38.2 Å². The number of phenolic OH excluding ortho intramolecular Hbond substituents is 1. The number of amides is 1. The molecule has 11 heteroatoms. The third-order valence-electron chi connectivity index (χ3n) is 10.4. The highest BCUT2D eigenvalue weighted by molar-refractivity contribution is 5.74. The molecule has 0 saturated carbocycles. The molecular formula is C43H50N2O9. The first-order valence-corrected chi connectivity index (χ1v) is 18.5. The van der Waals surface area contributed by atoms with E-state index in [9.17, 15) is 15.0 Å². The van der Waals surface area contributed by atoms with Crippen molar-refractivity contribution in [1.82, 2.24) is 10.2 Å². The van der Waals surface area contributed by atoms with Crippen LogP contribution in [0.4, 0.5) is 4.79 Å². The monoisotopic (exact) mass is 738 g/mol. The van der Waals surface area contributed by atoms with Crippen molar-refractivity contribution in [3.05, 3.63) is 111 Å². The van der Waals surface area contributed by atoms with Gasteiger partial charge in [0.1, 0.15) is 18.0 Å². The number of rotatable bonds is 10. The van der Waals surface area contributed by atoms with E-state index in [4.69, 9.17) is 28.4 Å². The largest absolute Gasteiger partial charge is 0.504 e.